The molecule has 1 saturated carbocycles. The summed E-state index contributed by atoms with van der Waals surface area (Å²) in [5.41, 5.74) is 1.94. The molecule has 1 aliphatic heterocycles. The molecule has 0 radical (unpaired) electrons. The van der Waals surface area contributed by atoms with Crippen molar-refractivity contribution in [3.63, 3.8) is 0 Å². The molecule has 2 fully saturated rings. The van der Waals surface area contributed by atoms with Gasteiger partial charge in [0.2, 0.25) is 0 Å². The zero-order valence-electron chi connectivity index (χ0n) is 25.2. The largest absolute Gasteiger partial charge is 0.358 e. The van der Waals surface area contributed by atoms with E-state index in [0.717, 1.165) is 56.9 Å². The Kier molecular flexibility index (Phi) is 8.73. The molecular weight excluding hydrogens is 645 g/mol. The number of nitrogens with zero attached hydrogens (tertiary/aromatic N) is 3. The number of fused-ring (bicyclic) bond motifs is 2. The quantitative estimate of drug-likeness (QED) is 0.196. The molecule has 8 nitrogen and oxygen atoms in total. The van der Waals surface area contributed by atoms with Gasteiger partial charge in [-0.15, -0.1) is 0 Å². The maximum Gasteiger partial charge on any atom is 0.333 e. The van der Waals surface area contributed by atoms with Gasteiger partial charge in [-0.1, -0.05) is 23.4 Å². The number of H-pyrrole nitrogens is 1. The second-order valence-corrected chi connectivity index (χ2v) is 14.8. The van der Waals surface area contributed by atoms with Crippen LogP contribution in [0.3, 0.4) is 0 Å². The molecular formula is C34H33ClFN5O3S2. The number of aromatic nitrogens is 4. The number of thioether (sulfide) groups is 1. The first-order valence-corrected chi connectivity index (χ1v) is 17.9. The lowest BCUT2D eigenvalue weighted by Gasteiger charge is -2.31. The molecule has 5 aromatic rings. The van der Waals surface area contributed by atoms with E-state index < -0.39 is 11.4 Å². The van der Waals surface area contributed by atoms with Gasteiger partial charge in [-0.25, -0.2) is 14.2 Å². The summed E-state index contributed by atoms with van der Waals surface area (Å²) in [6.45, 7) is 2.02. The summed E-state index contributed by atoms with van der Waals surface area (Å²) >= 11 is 9.53. The van der Waals surface area contributed by atoms with E-state index in [1.54, 1.807) is 16.3 Å². The number of pyridine rings is 1. The molecule has 46 heavy (non-hydrogen) atoms. The summed E-state index contributed by atoms with van der Waals surface area (Å²) in [6.07, 6.45) is 4.99. The minimum Gasteiger partial charge on any atom is -0.358 e. The van der Waals surface area contributed by atoms with E-state index in [4.69, 9.17) is 11.6 Å². The highest BCUT2D eigenvalue weighted by Crippen LogP contribution is 2.37. The summed E-state index contributed by atoms with van der Waals surface area (Å²) in [4.78, 5) is 50.7. The fourth-order valence-corrected chi connectivity index (χ4v) is 8.94. The maximum atomic E-state index is 14.2. The van der Waals surface area contributed by atoms with Crippen molar-refractivity contribution in [1.82, 2.24) is 24.4 Å². The number of amides is 1. The summed E-state index contributed by atoms with van der Waals surface area (Å²) in [5, 5.41) is 4.97. The lowest BCUT2D eigenvalue weighted by Crippen LogP contribution is -2.46. The van der Waals surface area contributed by atoms with Gasteiger partial charge < -0.3 is 10.3 Å². The van der Waals surface area contributed by atoms with Crippen LogP contribution in [0.4, 0.5) is 4.39 Å². The van der Waals surface area contributed by atoms with Gasteiger partial charge in [0.05, 0.1) is 11.6 Å². The molecule has 2 aromatic carbocycles. The second-order valence-electron chi connectivity index (χ2n) is 12.1. The molecule has 2 aliphatic rings. The van der Waals surface area contributed by atoms with Gasteiger partial charge in [0.1, 0.15) is 11.5 Å². The Hall–Kier alpha value is -3.54. The van der Waals surface area contributed by atoms with Crippen molar-refractivity contribution >= 4 is 63.0 Å². The molecule has 7 rings (SSSR count). The molecule has 1 amide bonds. The Morgan fingerprint density at radius 1 is 0.978 bits per heavy atom. The van der Waals surface area contributed by atoms with Crippen molar-refractivity contribution in [2.24, 2.45) is 0 Å². The molecule has 1 aliphatic carbocycles. The van der Waals surface area contributed by atoms with Crippen LogP contribution in [0.25, 0.3) is 21.9 Å². The van der Waals surface area contributed by atoms with E-state index in [1.807, 2.05) is 61.2 Å². The van der Waals surface area contributed by atoms with Crippen molar-refractivity contribution in [3.8, 4) is 0 Å². The third-order valence-corrected chi connectivity index (χ3v) is 11.6. The topological polar surface area (TPSA) is 102 Å². The zero-order chi connectivity index (χ0) is 31.9. The van der Waals surface area contributed by atoms with Crippen LogP contribution < -0.4 is 16.6 Å². The fourth-order valence-electron chi connectivity index (χ4n) is 6.74. The molecule has 1 saturated heterocycles. The highest BCUT2D eigenvalue weighted by atomic mass is 35.5. The minimum atomic E-state index is -0.601. The second kappa shape index (κ2) is 12.9. The molecule has 3 aromatic heterocycles. The van der Waals surface area contributed by atoms with Gasteiger partial charge >= 0.3 is 5.69 Å². The predicted octanol–water partition coefficient (Wildman–Crippen LogP) is 7.27. The third-order valence-electron chi connectivity index (χ3n) is 9.10. The number of aromatic amines is 1. The first kappa shape index (κ1) is 31.1. The Bertz CT molecular complexity index is 2060. The van der Waals surface area contributed by atoms with Crippen LogP contribution in [-0.4, -0.2) is 42.6 Å². The van der Waals surface area contributed by atoms with Crippen molar-refractivity contribution in [1.29, 1.82) is 0 Å². The smallest absolute Gasteiger partial charge is 0.333 e. The van der Waals surface area contributed by atoms with Gasteiger partial charge in [0, 0.05) is 55.1 Å². The van der Waals surface area contributed by atoms with Gasteiger partial charge in [-0.2, -0.15) is 11.8 Å². The number of hydrogen-bond acceptors (Lipinski definition) is 6. The average Bonchev–Trinajstić information content (AvgIpc) is 3.37. The number of rotatable bonds is 6. The lowest BCUT2D eigenvalue weighted by molar-refractivity contribution is 0.0922. The normalized spacial score (nSPS) is 19.1. The first-order valence-electron chi connectivity index (χ1n) is 15.5. The van der Waals surface area contributed by atoms with E-state index in [9.17, 15) is 18.8 Å². The van der Waals surface area contributed by atoms with E-state index in [-0.39, 0.29) is 40.8 Å². The van der Waals surface area contributed by atoms with Crippen LogP contribution in [0.15, 0.2) is 74.1 Å². The number of benzene rings is 2. The molecule has 2 N–H and O–H groups in total. The van der Waals surface area contributed by atoms with Crippen LogP contribution >= 0.6 is 35.1 Å². The molecule has 12 heteroatoms. The average molecular weight is 678 g/mol. The van der Waals surface area contributed by atoms with E-state index in [2.05, 4.69) is 15.3 Å². The zero-order valence-corrected chi connectivity index (χ0v) is 27.6. The molecule has 0 atom stereocenters. The summed E-state index contributed by atoms with van der Waals surface area (Å²) in [5.74, 6) is 1.08. The van der Waals surface area contributed by atoms with Gasteiger partial charge in [0.15, 0.2) is 0 Å². The van der Waals surface area contributed by atoms with Crippen LogP contribution in [0.5, 0.6) is 0 Å². The van der Waals surface area contributed by atoms with Crippen LogP contribution in [0.1, 0.15) is 66.7 Å². The standard InChI is InChI=1S/C34H33ClFN5O3S2/c1-19-30(46-26-9-3-21(35)4-10-26)27-16-20(2-11-29(27)38-19)32(42)39-23-5-7-24(8-6-23)41-33(43)28-17-22(36)18-37-31(28)40(34(41)44)25-12-14-45-15-13-25/h2-4,9-11,16-18,23-25,38H,5-8,12-15H2,1H3,(H,39,42)/t23-,24+. The number of carbonyl (C=O) groups is 1. The maximum absolute atomic E-state index is 14.2. The Morgan fingerprint density at radius 3 is 2.43 bits per heavy atom. The third kappa shape index (κ3) is 6.00. The number of halogens is 2. The molecule has 4 heterocycles. The monoisotopic (exact) mass is 677 g/mol. The number of nitrogens with one attached hydrogen (secondary N) is 2. The molecule has 0 spiro atoms. The fraction of sp³-hybridized carbons (Fsp3) is 0.353. The SMILES string of the molecule is Cc1[nH]c2ccc(C(=O)N[C@H]3CC[C@@H](n4c(=O)c5cc(F)cnc5n(C5CCSCC5)c4=O)CC3)cc2c1Sc1ccc(Cl)cc1. The van der Waals surface area contributed by atoms with Crippen LogP contribution in [0.2, 0.25) is 5.02 Å². The van der Waals surface area contributed by atoms with Crippen molar-refractivity contribution in [2.75, 3.05) is 11.5 Å². The van der Waals surface area contributed by atoms with E-state index >= 15 is 0 Å². The first-order chi connectivity index (χ1) is 22.3. The van der Waals surface area contributed by atoms with Crippen molar-refractivity contribution < 1.29 is 9.18 Å². The highest BCUT2D eigenvalue weighted by Gasteiger charge is 2.30. The minimum absolute atomic E-state index is 0.0806. The number of aryl methyl sites for hydroxylation is 1. The number of carbonyl (C=O) groups excluding carboxylic acids is 1. The summed E-state index contributed by atoms with van der Waals surface area (Å²) < 4.78 is 17.2. The molecule has 238 valence electrons. The number of hydrogen-bond donors (Lipinski definition) is 2. The van der Waals surface area contributed by atoms with Crippen molar-refractivity contribution in [3.05, 3.63) is 97.7 Å². The summed E-state index contributed by atoms with van der Waals surface area (Å²) in [6, 6.07) is 14.0. The highest BCUT2D eigenvalue weighted by molar-refractivity contribution is 7.99. The predicted molar refractivity (Wildman–Crippen MR) is 183 cm³/mol. The van der Waals surface area contributed by atoms with Gasteiger partial charge in [0.25, 0.3) is 11.5 Å². The van der Waals surface area contributed by atoms with Crippen molar-refractivity contribution in [2.45, 2.75) is 73.4 Å². The van der Waals surface area contributed by atoms with Crippen LogP contribution in [0, 0.1) is 12.7 Å². The Morgan fingerprint density at radius 2 is 1.70 bits per heavy atom. The molecule has 0 bridgehead atoms. The Balaban J connectivity index is 1.09. The summed E-state index contributed by atoms with van der Waals surface area (Å²) in [7, 11) is 0. The van der Waals surface area contributed by atoms with E-state index in [1.165, 1.54) is 10.6 Å². The Labute approximate surface area is 278 Å². The van der Waals surface area contributed by atoms with E-state index in [0.29, 0.717) is 36.3 Å². The lowest BCUT2D eigenvalue weighted by atomic mass is 9.90. The van der Waals surface area contributed by atoms with Gasteiger partial charge in [-0.3, -0.25) is 18.7 Å². The van der Waals surface area contributed by atoms with Crippen LogP contribution in [-0.2, 0) is 0 Å². The molecule has 0 unspecified atom stereocenters. The van der Waals surface area contributed by atoms with Gasteiger partial charge in [-0.05, 0) is 105 Å².